The predicted molar refractivity (Wildman–Crippen MR) is 73.5 cm³/mol. The van der Waals surface area contributed by atoms with Crippen molar-refractivity contribution in [3.05, 3.63) is 64.2 Å². The van der Waals surface area contributed by atoms with Crippen molar-refractivity contribution in [1.29, 1.82) is 0 Å². The maximum Gasteiger partial charge on any atom is 0.263 e. The zero-order valence-corrected chi connectivity index (χ0v) is 11.4. The molecule has 0 aliphatic carbocycles. The molecule has 0 amide bonds. The minimum absolute atomic E-state index is 0.0843. The highest BCUT2D eigenvalue weighted by Crippen LogP contribution is 2.32. The molecule has 0 bridgehead atoms. The topological polar surface area (TPSA) is 29.5 Å². The number of aliphatic hydroxyl groups excluding tert-OH is 1. The van der Waals surface area contributed by atoms with Crippen LogP contribution in [-0.4, -0.2) is 12.2 Å². The van der Waals surface area contributed by atoms with E-state index >= 15 is 0 Å². The van der Waals surface area contributed by atoms with Crippen LogP contribution in [0.1, 0.15) is 29.2 Å². The molecular weight excluding hydrogens is 286 g/mol. The lowest BCUT2D eigenvalue weighted by atomic mass is 9.99. The van der Waals surface area contributed by atoms with Crippen LogP contribution in [-0.2, 0) is 0 Å². The second-order valence-corrected chi connectivity index (χ2v) is 4.69. The van der Waals surface area contributed by atoms with Crippen molar-refractivity contribution < 1.29 is 18.6 Å². The van der Waals surface area contributed by atoms with Gasteiger partial charge in [0, 0.05) is 16.1 Å². The van der Waals surface area contributed by atoms with Gasteiger partial charge in [0.2, 0.25) is 0 Å². The molecule has 5 heteroatoms. The highest BCUT2D eigenvalue weighted by atomic mass is 35.5. The Morgan fingerprint density at radius 3 is 2.20 bits per heavy atom. The lowest BCUT2D eigenvalue weighted by Crippen LogP contribution is -2.02. The number of ether oxygens (including phenoxy) is 1. The van der Waals surface area contributed by atoms with Crippen LogP contribution in [0.4, 0.5) is 8.78 Å². The average molecular weight is 299 g/mol. The zero-order valence-electron chi connectivity index (χ0n) is 10.7. The molecule has 2 rings (SSSR count). The molecular formula is C15H13ClF2O2. The largest absolute Gasteiger partial charge is 0.496 e. The van der Waals surface area contributed by atoms with Crippen LogP contribution in [0, 0.1) is 0 Å². The Labute approximate surface area is 120 Å². The summed E-state index contributed by atoms with van der Waals surface area (Å²) in [6.07, 6.45) is -3.52. The molecule has 2 aromatic rings. The van der Waals surface area contributed by atoms with Crippen molar-refractivity contribution >= 4 is 11.6 Å². The van der Waals surface area contributed by atoms with Crippen LogP contribution >= 0.6 is 11.6 Å². The van der Waals surface area contributed by atoms with Crippen LogP contribution in [0.25, 0.3) is 0 Å². The summed E-state index contributed by atoms with van der Waals surface area (Å²) in [4.78, 5) is 0. The van der Waals surface area contributed by atoms with Crippen molar-refractivity contribution in [2.75, 3.05) is 7.11 Å². The van der Waals surface area contributed by atoms with Crippen molar-refractivity contribution in [3.8, 4) is 5.75 Å². The summed E-state index contributed by atoms with van der Waals surface area (Å²) in [7, 11) is 1.49. The molecule has 0 aliphatic rings. The molecule has 0 heterocycles. The number of alkyl halides is 2. The fourth-order valence-corrected chi connectivity index (χ4v) is 2.10. The Morgan fingerprint density at radius 2 is 1.65 bits per heavy atom. The van der Waals surface area contributed by atoms with E-state index < -0.39 is 12.5 Å². The monoisotopic (exact) mass is 298 g/mol. The average Bonchev–Trinajstić information content (AvgIpc) is 2.46. The summed E-state index contributed by atoms with van der Waals surface area (Å²) in [5.41, 5.74) is 0.902. The van der Waals surface area contributed by atoms with E-state index in [1.54, 1.807) is 18.2 Å². The first-order valence-corrected chi connectivity index (χ1v) is 6.30. The van der Waals surface area contributed by atoms with Crippen molar-refractivity contribution in [1.82, 2.24) is 0 Å². The van der Waals surface area contributed by atoms with Gasteiger partial charge in [0.05, 0.1) is 7.11 Å². The van der Waals surface area contributed by atoms with Crippen molar-refractivity contribution in [3.63, 3.8) is 0 Å². The second-order valence-electron chi connectivity index (χ2n) is 4.26. The maximum absolute atomic E-state index is 12.5. The number of rotatable bonds is 4. The SMILES string of the molecule is COc1ccc(Cl)cc1C(O)c1ccc(C(F)F)cc1. The Balaban J connectivity index is 2.35. The summed E-state index contributed by atoms with van der Waals surface area (Å²) in [5.74, 6) is 0.486. The number of aliphatic hydroxyl groups is 1. The molecule has 1 atom stereocenters. The van der Waals surface area contributed by atoms with Gasteiger partial charge < -0.3 is 9.84 Å². The third kappa shape index (κ3) is 3.08. The Bertz CT molecular complexity index is 585. The standard InChI is InChI=1S/C15H13ClF2O2/c1-20-13-7-6-11(16)8-12(13)14(19)9-2-4-10(5-3-9)15(17)18/h2-8,14-15,19H,1H3. The summed E-state index contributed by atoms with van der Waals surface area (Å²) >= 11 is 5.91. The Kier molecular flexibility index (Phi) is 4.57. The van der Waals surface area contributed by atoms with Gasteiger partial charge in [0.25, 0.3) is 6.43 Å². The minimum atomic E-state index is -2.53. The summed E-state index contributed by atoms with van der Waals surface area (Å²) in [5, 5.41) is 10.8. The van der Waals surface area contributed by atoms with Crippen molar-refractivity contribution in [2.45, 2.75) is 12.5 Å². The van der Waals surface area contributed by atoms with E-state index in [-0.39, 0.29) is 5.56 Å². The van der Waals surface area contributed by atoms with E-state index in [4.69, 9.17) is 16.3 Å². The van der Waals surface area contributed by atoms with Crippen LogP contribution in [0.5, 0.6) is 5.75 Å². The fourth-order valence-electron chi connectivity index (χ4n) is 1.92. The number of benzene rings is 2. The normalized spacial score (nSPS) is 12.5. The maximum atomic E-state index is 12.5. The number of methoxy groups -OCH3 is 1. The number of hydrogen-bond donors (Lipinski definition) is 1. The molecule has 1 N–H and O–H groups in total. The molecule has 20 heavy (non-hydrogen) atoms. The van der Waals surface area contributed by atoms with E-state index in [1.165, 1.54) is 31.4 Å². The van der Waals surface area contributed by atoms with Gasteiger partial charge in [-0.1, -0.05) is 35.9 Å². The molecule has 0 aliphatic heterocycles. The zero-order chi connectivity index (χ0) is 14.7. The van der Waals surface area contributed by atoms with Gasteiger partial charge in [-0.25, -0.2) is 8.78 Å². The third-order valence-electron chi connectivity index (χ3n) is 2.99. The predicted octanol–water partition coefficient (Wildman–Crippen LogP) is 4.37. The summed E-state index contributed by atoms with van der Waals surface area (Å²) < 4.78 is 30.2. The molecule has 0 radical (unpaired) electrons. The summed E-state index contributed by atoms with van der Waals surface area (Å²) in [6, 6.07) is 10.4. The van der Waals surface area contributed by atoms with E-state index in [0.29, 0.717) is 21.9 Å². The van der Waals surface area contributed by atoms with Crippen LogP contribution in [0.15, 0.2) is 42.5 Å². The Hall–Kier alpha value is -1.65. The molecule has 0 saturated heterocycles. The molecule has 2 nitrogen and oxygen atoms in total. The van der Waals surface area contributed by atoms with Gasteiger partial charge >= 0.3 is 0 Å². The van der Waals surface area contributed by atoms with E-state index in [9.17, 15) is 13.9 Å². The number of halogens is 3. The van der Waals surface area contributed by atoms with Gasteiger partial charge in [0.15, 0.2) is 0 Å². The van der Waals surface area contributed by atoms with Crippen LogP contribution < -0.4 is 4.74 Å². The van der Waals surface area contributed by atoms with Crippen molar-refractivity contribution in [2.24, 2.45) is 0 Å². The smallest absolute Gasteiger partial charge is 0.263 e. The first-order chi connectivity index (χ1) is 9.52. The highest BCUT2D eigenvalue weighted by molar-refractivity contribution is 6.30. The van der Waals surface area contributed by atoms with E-state index in [1.807, 2.05) is 0 Å². The Morgan fingerprint density at radius 1 is 1.05 bits per heavy atom. The molecule has 2 aromatic carbocycles. The molecule has 106 valence electrons. The highest BCUT2D eigenvalue weighted by Gasteiger charge is 2.17. The minimum Gasteiger partial charge on any atom is -0.496 e. The number of hydrogen-bond acceptors (Lipinski definition) is 2. The molecule has 0 spiro atoms. The van der Waals surface area contributed by atoms with E-state index in [2.05, 4.69) is 0 Å². The molecule has 0 fully saturated rings. The van der Waals surface area contributed by atoms with Gasteiger partial charge in [-0.05, 0) is 23.8 Å². The van der Waals surface area contributed by atoms with Crippen LogP contribution in [0.3, 0.4) is 0 Å². The first-order valence-electron chi connectivity index (χ1n) is 5.92. The van der Waals surface area contributed by atoms with Gasteiger partial charge in [-0.3, -0.25) is 0 Å². The van der Waals surface area contributed by atoms with Gasteiger partial charge in [0.1, 0.15) is 11.9 Å². The quantitative estimate of drug-likeness (QED) is 0.908. The molecule has 0 aromatic heterocycles. The van der Waals surface area contributed by atoms with Gasteiger partial charge in [-0.15, -0.1) is 0 Å². The fraction of sp³-hybridized carbons (Fsp3) is 0.200. The second kappa shape index (κ2) is 6.20. The lowest BCUT2D eigenvalue weighted by Gasteiger charge is -2.16. The first kappa shape index (κ1) is 14.8. The van der Waals surface area contributed by atoms with Crippen LogP contribution in [0.2, 0.25) is 5.02 Å². The third-order valence-corrected chi connectivity index (χ3v) is 3.23. The van der Waals surface area contributed by atoms with Gasteiger partial charge in [-0.2, -0.15) is 0 Å². The molecule has 0 saturated carbocycles. The molecule has 1 unspecified atom stereocenters. The summed E-state index contributed by atoms with van der Waals surface area (Å²) in [6.45, 7) is 0. The van der Waals surface area contributed by atoms with E-state index in [0.717, 1.165) is 0 Å². The lowest BCUT2D eigenvalue weighted by molar-refractivity contribution is 0.151.